The first-order valence-electron chi connectivity index (χ1n) is 40.7. The van der Waals surface area contributed by atoms with E-state index in [1.807, 2.05) is 27.7 Å². The van der Waals surface area contributed by atoms with Gasteiger partial charge in [0.05, 0.1) is 53.1 Å². The maximum absolute atomic E-state index is 15.1. The SMILES string of the molecule is C=C(C)[C@H]1CC[C@H]2[C@@H]3CC(F)=C4C[C@@](C)(O)CC[C@@H]4[C@H]3CC[C@]12C.C=C(CBr)[C@H]1CC[C@H]2[C@@H]3CC(F)=C4C[C@@](C)(O)CC[C@@H]4[C@H]3CC[C@]12C.C=C(CO)[C@H]1CC[C@H]2[C@@H]3CC(C)=C4C[C@@](C)(O)CC[C@@H]4[C@H]3CC[C@]12C.C=C(CO)[C@H]1CC[C@H]2[C@@H]3CC(F)=C4C[C@@](C)(O)CC[C@@H]4[C@H]3CC[C@]12C. The van der Waals surface area contributed by atoms with Crippen LogP contribution in [0.4, 0.5) is 13.2 Å². The van der Waals surface area contributed by atoms with Gasteiger partial charge in [0.15, 0.2) is 0 Å². The Kier molecular flexibility index (Phi) is 21.0. The molecule has 6 N–H and O–H groups in total. The van der Waals surface area contributed by atoms with Crippen LogP contribution in [-0.4, -0.2) is 71.6 Å². The normalized spacial score (nSPS) is 49.8. The molecule has 0 amide bonds. The first kappa shape index (κ1) is 75.2. The number of hydrogen-bond donors (Lipinski definition) is 6. The molecule has 554 valence electrons. The zero-order valence-corrected chi connectivity index (χ0v) is 64.9. The Labute approximate surface area is 605 Å². The molecule has 0 bridgehead atoms. The summed E-state index contributed by atoms with van der Waals surface area (Å²) in [6.07, 6.45) is 32.8. The van der Waals surface area contributed by atoms with E-state index < -0.39 is 22.4 Å². The fraction of sp³-hybridized carbons (Fsp3) is 0.820. The van der Waals surface area contributed by atoms with Crippen molar-refractivity contribution in [1.29, 1.82) is 0 Å². The molecular formula is C89H134BrF3O6. The van der Waals surface area contributed by atoms with Gasteiger partial charge in [-0.2, -0.15) is 0 Å². The summed E-state index contributed by atoms with van der Waals surface area (Å²) >= 11 is 3.61. The van der Waals surface area contributed by atoms with Crippen molar-refractivity contribution in [3.8, 4) is 0 Å². The topological polar surface area (TPSA) is 121 Å². The Bertz CT molecular complexity index is 3000. The van der Waals surface area contributed by atoms with Gasteiger partial charge in [-0.05, 0) is 396 Å². The molecule has 0 aromatic rings. The van der Waals surface area contributed by atoms with E-state index in [0.29, 0.717) is 149 Å². The average Bonchev–Trinajstić information content (AvgIpc) is 1.68. The van der Waals surface area contributed by atoms with E-state index in [0.717, 1.165) is 127 Å². The third kappa shape index (κ3) is 13.3. The van der Waals surface area contributed by atoms with Gasteiger partial charge in [-0.1, -0.05) is 92.2 Å². The maximum Gasteiger partial charge on any atom is 0.0998 e. The summed E-state index contributed by atoms with van der Waals surface area (Å²) in [5.41, 5.74) is 9.36. The second-order valence-electron chi connectivity index (χ2n) is 39.9. The monoisotopic (exact) mass is 1430 g/mol. The lowest BCUT2D eigenvalue weighted by Gasteiger charge is -2.55. The molecule has 0 heterocycles. The molecule has 0 aliphatic heterocycles. The number of halogens is 4. The van der Waals surface area contributed by atoms with Gasteiger partial charge in [-0.15, -0.1) is 0 Å². The van der Waals surface area contributed by atoms with Crippen LogP contribution in [0.2, 0.25) is 0 Å². The molecule has 0 radical (unpaired) electrons. The third-order valence-electron chi connectivity index (χ3n) is 34.1. The van der Waals surface area contributed by atoms with Crippen LogP contribution in [0.3, 0.4) is 0 Å². The lowest BCUT2D eigenvalue weighted by atomic mass is 9.50. The number of aliphatic hydroxyl groups excluding tert-OH is 2. The summed E-state index contributed by atoms with van der Waals surface area (Å²) in [5.74, 6) is 12.0. The standard InChI is InChI=1S/C23H36O2.C22H32BrFO.C22H33FO2.C22H33FO/c1-14-11-18-16(17-7-9-22(3,25)12-19(14)17)8-10-23(4)20(15(2)13-24)5-6-21(18)23;1-13(12-23)18-4-5-19-16-10-20(24)17-11-21(2,25)8-6-15(17)14(16)7-9-22(18,19)3;1-13(12-24)18-4-5-19-16-10-20(23)17-11-21(2,25)8-6-15(17)14(16)7-9-22(18,19)3;1-13(2)18-5-6-19-16-11-20(23)17-12-21(3,24)9-7-15(17)14(16)8-10-22(18,19)4/h16-18,20-21,24-25H,2,5-13H2,1,3-4H3;14-16,18-19,25H,1,4-12H2,2-3H3;14-16,18-19,24-25H,1,4-12H2,2-3H3;14-16,18-19,24H,1,5-12H2,2-4H3/t16-,17-,18-,20-,21+,22+,23-;3*14-,15-,16-,18-,19+,21+,22-/m1111/s1. The first-order valence-corrected chi connectivity index (χ1v) is 41.8. The Morgan fingerprint density at radius 1 is 0.364 bits per heavy atom. The summed E-state index contributed by atoms with van der Waals surface area (Å²) in [5, 5.41) is 61.9. The minimum Gasteiger partial charge on any atom is -0.392 e. The molecule has 10 heteroatoms. The van der Waals surface area contributed by atoms with Crippen molar-refractivity contribution in [2.45, 2.75) is 297 Å². The molecule has 12 saturated carbocycles. The highest BCUT2D eigenvalue weighted by Gasteiger charge is 2.63. The van der Waals surface area contributed by atoms with E-state index in [1.165, 1.54) is 107 Å². The largest absolute Gasteiger partial charge is 0.392 e. The van der Waals surface area contributed by atoms with Crippen LogP contribution in [0.1, 0.15) is 275 Å². The molecule has 0 saturated heterocycles. The number of allylic oxidation sites excluding steroid dienone is 6. The molecule has 16 rings (SSSR count). The number of aliphatic hydroxyl groups is 6. The average molecular weight is 1440 g/mol. The zero-order valence-electron chi connectivity index (χ0n) is 63.3. The van der Waals surface area contributed by atoms with Gasteiger partial charge in [0, 0.05) is 24.6 Å². The fourth-order valence-corrected chi connectivity index (χ4v) is 29.8. The lowest BCUT2D eigenvalue weighted by Crippen LogP contribution is -2.48. The molecule has 16 aliphatic carbocycles. The van der Waals surface area contributed by atoms with Crippen molar-refractivity contribution in [1.82, 2.24) is 0 Å². The number of rotatable bonds is 7. The predicted molar refractivity (Wildman–Crippen MR) is 400 cm³/mol. The highest BCUT2D eigenvalue weighted by atomic mass is 79.9. The van der Waals surface area contributed by atoms with E-state index >= 15 is 13.2 Å². The van der Waals surface area contributed by atoms with E-state index in [4.69, 9.17) is 0 Å². The summed E-state index contributed by atoms with van der Waals surface area (Å²) < 4.78 is 45.2. The summed E-state index contributed by atoms with van der Waals surface area (Å²) in [7, 11) is 0. The minimum absolute atomic E-state index is 0.0805. The van der Waals surface area contributed by atoms with Crippen molar-refractivity contribution in [2.75, 3.05) is 18.5 Å². The molecule has 0 aromatic heterocycles. The van der Waals surface area contributed by atoms with Gasteiger partial charge in [0.1, 0.15) is 0 Å². The second-order valence-corrected chi connectivity index (χ2v) is 40.5. The molecule has 6 nitrogen and oxygen atoms in total. The third-order valence-corrected chi connectivity index (χ3v) is 34.8. The van der Waals surface area contributed by atoms with Gasteiger partial charge in [-0.25, -0.2) is 13.2 Å². The van der Waals surface area contributed by atoms with Crippen molar-refractivity contribution in [3.63, 3.8) is 0 Å². The molecule has 12 fully saturated rings. The highest BCUT2D eigenvalue weighted by molar-refractivity contribution is 9.09. The number of fused-ring (bicyclic) bond motifs is 20. The van der Waals surface area contributed by atoms with E-state index in [2.05, 4.69) is 83.8 Å². The van der Waals surface area contributed by atoms with Crippen LogP contribution in [0.25, 0.3) is 0 Å². The summed E-state index contributed by atoms with van der Waals surface area (Å²) in [4.78, 5) is 0. The van der Waals surface area contributed by atoms with Crippen molar-refractivity contribution in [2.24, 2.45) is 140 Å². The quantitative estimate of drug-likeness (QED) is 0.112. The Hall–Kier alpha value is -2.05. The van der Waals surface area contributed by atoms with Gasteiger partial charge < -0.3 is 30.6 Å². The maximum atomic E-state index is 15.1. The van der Waals surface area contributed by atoms with E-state index in [9.17, 15) is 30.6 Å². The van der Waals surface area contributed by atoms with Crippen LogP contribution in [-0.2, 0) is 0 Å². The Morgan fingerprint density at radius 2 is 0.626 bits per heavy atom. The second kappa shape index (κ2) is 27.6. The van der Waals surface area contributed by atoms with Gasteiger partial charge in [0.25, 0.3) is 0 Å². The van der Waals surface area contributed by atoms with Crippen LogP contribution in [0, 0.1) is 140 Å². The smallest absolute Gasteiger partial charge is 0.0998 e. The summed E-state index contributed by atoms with van der Waals surface area (Å²) in [6.45, 7) is 39.1. The van der Waals surface area contributed by atoms with Crippen LogP contribution >= 0.6 is 15.9 Å². The molecule has 0 spiro atoms. The molecule has 0 aromatic carbocycles. The van der Waals surface area contributed by atoms with Crippen molar-refractivity contribution in [3.05, 3.63) is 94.0 Å². The van der Waals surface area contributed by atoms with E-state index in [1.54, 1.807) is 11.1 Å². The number of alkyl halides is 1. The predicted octanol–water partition coefficient (Wildman–Crippen LogP) is 21.6. The molecule has 99 heavy (non-hydrogen) atoms. The Morgan fingerprint density at radius 3 is 0.919 bits per heavy atom. The first-order chi connectivity index (χ1) is 46.5. The van der Waals surface area contributed by atoms with Crippen molar-refractivity contribution >= 4 is 15.9 Å². The molecular weight excluding hydrogens is 1300 g/mol. The summed E-state index contributed by atoms with van der Waals surface area (Å²) in [6, 6.07) is 0. The van der Waals surface area contributed by atoms with Gasteiger partial charge in [-0.3, -0.25) is 0 Å². The molecule has 16 aliphatic rings. The van der Waals surface area contributed by atoms with Crippen LogP contribution in [0.5, 0.6) is 0 Å². The molecule has 0 unspecified atom stereocenters. The van der Waals surface area contributed by atoms with Gasteiger partial charge >= 0.3 is 0 Å². The fourth-order valence-electron chi connectivity index (χ4n) is 29.4. The minimum atomic E-state index is -0.726. The van der Waals surface area contributed by atoms with Crippen LogP contribution < -0.4 is 0 Å². The highest BCUT2D eigenvalue weighted by Crippen LogP contribution is 2.71. The Balaban J connectivity index is 0.000000119. The van der Waals surface area contributed by atoms with E-state index in [-0.39, 0.29) is 36.1 Å². The van der Waals surface area contributed by atoms with Crippen LogP contribution in [0.15, 0.2) is 94.0 Å². The van der Waals surface area contributed by atoms with Gasteiger partial charge in [0.2, 0.25) is 0 Å². The lowest BCUT2D eigenvalue weighted by molar-refractivity contribution is -0.0357. The zero-order chi connectivity index (χ0) is 71.2. The van der Waals surface area contributed by atoms with Crippen molar-refractivity contribution < 1.29 is 43.8 Å². The molecule has 28 atom stereocenters. The number of hydrogen-bond acceptors (Lipinski definition) is 6.